The van der Waals surface area contributed by atoms with E-state index in [1.807, 2.05) is 30.3 Å². The van der Waals surface area contributed by atoms with Gasteiger partial charge in [-0.15, -0.1) is 6.58 Å². The number of carbonyl (C=O) groups excluding carboxylic acids is 1. The van der Waals surface area contributed by atoms with E-state index in [1.54, 1.807) is 37.5 Å². The summed E-state index contributed by atoms with van der Waals surface area (Å²) >= 11 is 0. The van der Waals surface area contributed by atoms with Crippen molar-refractivity contribution in [2.24, 2.45) is 0 Å². The van der Waals surface area contributed by atoms with E-state index < -0.39 is 5.97 Å². The second-order valence-corrected chi connectivity index (χ2v) is 6.12. The van der Waals surface area contributed by atoms with Gasteiger partial charge in [0.2, 0.25) is 0 Å². The highest BCUT2D eigenvalue weighted by molar-refractivity contribution is 5.98. The fourth-order valence-electron chi connectivity index (χ4n) is 3.13. The van der Waals surface area contributed by atoms with Crippen LogP contribution < -0.4 is 10.3 Å². The SMILES string of the molecule is C=CCc1c(-c2ccccc2)c(C(=O)OC)cn(-c2ccc(OC)cc2)c1=O. The Hall–Kier alpha value is -3.60. The van der Waals surface area contributed by atoms with Gasteiger partial charge >= 0.3 is 5.97 Å². The van der Waals surface area contributed by atoms with Crippen molar-refractivity contribution >= 4 is 5.97 Å². The Kier molecular flexibility index (Phi) is 5.75. The fraction of sp³-hybridized carbons (Fsp3) is 0.130. The molecule has 142 valence electrons. The topological polar surface area (TPSA) is 57.5 Å². The fourth-order valence-corrected chi connectivity index (χ4v) is 3.13. The molecule has 1 aromatic heterocycles. The zero-order valence-corrected chi connectivity index (χ0v) is 15.8. The number of ether oxygens (including phenoxy) is 2. The second kappa shape index (κ2) is 8.39. The first-order valence-electron chi connectivity index (χ1n) is 8.78. The Labute approximate surface area is 163 Å². The lowest BCUT2D eigenvalue weighted by molar-refractivity contribution is 0.0600. The zero-order valence-electron chi connectivity index (χ0n) is 15.8. The van der Waals surface area contributed by atoms with Gasteiger partial charge in [0.25, 0.3) is 5.56 Å². The number of esters is 1. The molecule has 2 aromatic carbocycles. The van der Waals surface area contributed by atoms with Gasteiger partial charge in [-0.25, -0.2) is 4.79 Å². The van der Waals surface area contributed by atoms with E-state index in [0.29, 0.717) is 34.5 Å². The van der Waals surface area contributed by atoms with E-state index in [2.05, 4.69) is 6.58 Å². The molecule has 0 bridgehead atoms. The highest BCUT2D eigenvalue weighted by Crippen LogP contribution is 2.28. The van der Waals surface area contributed by atoms with Crippen LogP contribution in [0.2, 0.25) is 0 Å². The Bertz CT molecular complexity index is 1050. The number of hydrogen-bond acceptors (Lipinski definition) is 4. The summed E-state index contributed by atoms with van der Waals surface area (Å²) in [5.41, 5.74) is 2.57. The molecule has 0 saturated heterocycles. The van der Waals surface area contributed by atoms with Crippen LogP contribution in [0.3, 0.4) is 0 Å². The van der Waals surface area contributed by atoms with E-state index in [0.717, 1.165) is 5.56 Å². The molecule has 0 aliphatic carbocycles. The van der Waals surface area contributed by atoms with Crippen LogP contribution in [-0.2, 0) is 11.2 Å². The summed E-state index contributed by atoms with van der Waals surface area (Å²) in [5.74, 6) is 0.170. The summed E-state index contributed by atoms with van der Waals surface area (Å²) in [5, 5.41) is 0. The van der Waals surface area contributed by atoms with Gasteiger partial charge in [0.15, 0.2) is 0 Å². The number of allylic oxidation sites excluding steroid dienone is 1. The maximum absolute atomic E-state index is 13.3. The molecule has 1 heterocycles. The van der Waals surface area contributed by atoms with Crippen LogP contribution in [-0.4, -0.2) is 24.8 Å². The Morgan fingerprint density at radius 1 is 1.07 bits per heavy atom. The van der Waals surface area contributed by atoms with Crippen LogP contribution in [0.25, 0.3) is 16.8 Å². The minimum Gasteiger partial charge on any atom is -0.497 e. The van der Waals surface area contributed by atoms with E-state index in [4.69, 9.17) is 9.47 Å². The third-order valence-corrected chi connectivity index (χ3v) is 4.47. The molecule has 28 heavy (non-hydrogen) atoms. The highest BCUT2D eigenvalue weighted by atomic mass is 16.5. The molecule has 0 saturated carbocycles. The summed E-state index contributed by atoms with van der Waals surface area (Å²) in [6.07, 6.45) is 3.51. The predicted octanol–water partition coefficient (Wildman–Crippen LogP) is 4.03. The third-order valence-electron chi connectivity index (χ3n) is 4.47. The third kappa shape index (κ3) is 3.60. The van der Waals surface area contributed by atoms with Crippen LogP contribution in [0.4, 0.5) is 0 Å². The maximum Gasteiger partial charge on any atom is 0.340 e. The molecule has 0 unspecified atom stereocenters. The summed E-state index contributed by atoms with van der Waals surface area (Å²) in [6.45, 7) is 3.77. The van der Waals surface area contributed by atoms with Crippen LogP contribution in [0, 0.1) is 0 Å². The highest BCUT2D eigenvalue weighted by Gasteiger charge is 2.22. The van der Waals surface area contributed by atoms with Crippen LogP contribution in [0.15, 0.2) is 78.2 Å². The molecule has 0 aliphatic heterocycles. The molecule has 0 amide bonds. The molecule has 5 nitrogen and oxygen atoms in total. The molecule has 0 aliphatic rings. The number of carbonyl (C=O) groups is 1. The lowest BCUT2D eigenvalue weighted by Gasteiger charge is -2.17. The number of aromatic nitrogens is 1. The van der Waals surface area contributed by atoms with E-state index in [9.17, 15) is 9.59 Å². The quantitative estimate of drug-likeness (QED) is 0.482. The van der Waals surface area contributed by atoms with Crippen LogP contribution in [0.1, 0.15) is 15.9 Å². The first-order valence-corrected chi connectivity index (χ1v) is 8.78. The lowest BCUT2D eigenvalue weighted by Crippen LogP contribution is -2.25. The number of benzene rings is 2. The number of hydrogen-bond donors (Lipinski definition) is 0. The zero-order chi connectivity index (χ0) is 20.1. The standard InChI is InChI=1S/C23H21NO4/c1-4-8-19-21(16-9-6-5-7-10-16)20(23(26)28-3)15-24(22(19)25)17-11-13-18(27-2)14-12-17/h4-7,9-15H,1,8H2,2-3H3. The van der Waals surface area contributed by atoms with Gasteiger partial charge in [-0.3, -0.25) is 9.36 Å². The van der Waals surface area contributed by atoms with Gasteiger partial charge in [0.1, 0.15) is 5.75 Å². The van der Waals surface area contributed by atoms with Crippen molar-refractivity contribution in [1.29, 1.82) is 0 Å². The predicted molar refractivity (Wildman–Crippen MR) is 109 cm³/mol. The number of nitrogens with zero attached hydrogens (tertiary/aromatic N) is 1. The maximum atomic E-state index is 13.3. The summed E-state index contributed by atoms with van der Waals surface area (Å²) in [7, 11) is 2.90. The van der Waals surface area contributed by atoms with Crippen molar-refractivity contribution in [3.05, 3.63) is 94.9 Å². The molecule has 0 atom stereocenters. The normalized spacial score (nSPS) is 10.4. The molecule has 0 radical (unpaired) electrons. The molecule has 0 spiro atoms. The molecule has 3 rings (SSSR count). The van der Waals surface area contributed by atoms with Gasteiger partial charge in [0, 0.05) is 23.0 Å². The van der Waals surface area contributed by atoms with Gasteiger partial charge in [-0.05, 0) is 36.2 Å². The Balaban J connectivity index is 2.34. The van der Waals surface area contributed by atoms with Gasteiger partial charge < -0.3 is 9.47 Å². The molecule has 0 N–H and O–H groups in total. The number of methoxy groups -OCH3 is 2. The van der Waals surface area contributed by atoms with Crippen molar-refractivity contribution in [3.63, 3.8) is 0 Å². The Morgan fingerprint density at radius 3 is 2.32 bits per heavy atom. The molecular weight excluding hydrogens is 354 g/mol. The molecular formula is C23H21NO4. The Morgan fingerprint density at radius 2 is 1.75 bits per heavy atom. The van der Waals surface area contributed by atoms with E-state index in [1.165, 1.54) is 17.9 Å². The van der Waals surface area contributed by atoms with Crippen LogP contribution >= 0.6 is 0 Å². The molecule has 3 aromatic rings. The second-order valence-electron chi connectivity index (χ2n) is 6.12. The molecule has 0 fully saturated rings. The minimum atomic E-state index is -0.508. The monoisotopic (exact) mass is 375 g/mol. The van der Waals surface area contributed by atoms with Crippen molar-refractivity contribution in [1.82, 2.24) is 4.57 Å². The first kappa shape index (κ1) is 19.2. The lowest BCUT2D eigenvalue weighted by atomic mass is 9.94. The average Bonchev–Trinajstić information content (AvgIpc) is 2.75. The summed E-state index contributed by atoms with van der Waals surface area (Å²) < 4.78 is 11.6. The largest absolute Gasteiger partial charge is 0.497 e. The van der Waals surface area contributed by atoms with Gasteiger partial charge in [-0.1, -0.05) is 36.4 Å². The van der Waals surface area contributed by atoms with Crippen LogP contribution in [0.5, 0.6) is 5.75 Å². The van der Waals surface area contributed by atoms with Crippen molar-refractivity contribution in [2.75, 3.05) is 14.2 Å². The van der Waals surface area contributed by atoms with Crippen molar-refractivity contribution < 1.29 is 14.3 Å². The smallest absolute Gasteiger partial charge is 0.340 e. The minimum absolute atomic E-state index is 0.212. The average molecular weight is 375 g/mol. The van der Waals surface area contributed by atoms with E-state index in [-0.39, 0.29) is 5.56 Å². The summed E-state index contributed by atoms with van der Waals surface area (Å²) in [4.78, 5) is 25.9. The first-order chi connectivity index (χ1) is 13.6. The van der Waals surface area contributed by atoms with E-state index >= 15 is 0 Å². The summed E-state index contributed by atoms with van der Waals surface area (Å²) in [6, 6.07) is 16.4. The van der Waals surface area contributed by atoms with Crippen molar-refractivity contribution in [3.8, 4) is 22.6 Å². The van der Waals surface area contributed by atoms with Gasteiger partial charge in [-0.2, -0.15) is 0 Å². The number of rotatable bonds is 6. The molecule has 5 heteroatoms. The van der Waals surface area contributed by atoms with Crippen molar-refractivity contribution in [2.45, 2.75) is 6.42 Å². The number of pyridine rings is 1. The van der Waals surface area contributed by atoms with Gasteiger partial charge in [0.05, 0.1) is 19.8 Å².